The smallest absolute Gasteiger partial charge is 0.143 e. The number of pyridine rings is 1. The minimum atomic E-state index is -0.613. The van der Waals surface area contributed by atoms with E-state index in [9.17, 15) is 8.78 Å². The van der Waals surface area contributed by atoms with Crippen LogP contribution in [0.3, 0.4) is 0 Å². The molecule has 106 valence electrons. The molecule has 1 aromatic carbocycles. The van der Waals surface area contributed by atoms with Gasteiger partial charge in [0.1, 0.15) is 11.6 Å². The standard InChI is InChI=1S/C14H14BrF2N3/c1-8-3-2-4-12(19-8)13(20-18)7-9-11(16)6-5-10(15)14(9)17/h2-6,13,20H,7,18H2,1H3. The Labute approximate surface area is 124 Å². The van der Waals surface area contributed by atoms with Gasteiger partial charge in [0.15, 0.2) is 0 Å². The summed E-state index contributed by atoms with van der Waals surface area (Å²) in [4.78, 5) is 4.32. The molecule has 0 bridgehead atoms. The van der Waals surface area contributed by atoms with Gasteiger partial charge in [-0.3, -0.25) is 16.3 Å². The lowest BCUT2D eigenvalue weighted by Crippen LogP contribution is -2.31. The zero-order valence-corrected chi connectivity index (χ0v) is 12.4. The predicted octanol–water partition coefficient (Wildman–Crippen LogP) is 3.18. The number of hydrogen-bond donors (Lipinski definition) is 2. The summed E-state index contributed by atoms with van der Waals surface area (Å²) in [6, 6.07) is 7.54. The molecule has 20 heavy (non-hydrogen) atoms. The molecule has 3 N–H and O–H groups in total. The van der Waals surface area contributed by atoms with Crippen molar-refractivity contribution in [3.63, 3.8) is 0 Å². The lowest BCUT2D eigenvalue weighted by Gasteiger charge is -2.17. The van der Waals surface area contributed by atoms with Crippen LogP contribution in [-0.2, 0) is 6.42 Å². The zero-order chi connectivity index (χ0) is 14.7. The van der Waals surface area contributed by atoms with Gasteiger partial charge < -0.3 is 0 Å². The topological polar surface area (TPSA) is 50.9 Å². The van der Waals surface area contributed by atoms with Gasteiger partial charge in [0.2, 0.25) is 0 Å². The lowest BCUT2D eigenvalue weighted by atomic mass is 10.0. The van der Waals surface area contributed by atoms with Crippen molar-refractivity contribution in [2.45, 2.75) is 19.4 Å². The van der Waals surface area contributed by atoms with E-state index in [0.717, 1.165) is 5.69 Å². The molecule has 0 fully saturated rings. The first-order valence-electron chi connectivity index (χ1n) is 6.05. The molecule has 0 aliphatic rings. The number of rotatable bonds is 4. The Balaban J connectivity index is 2.34. The van der Waals surface area contributed by atoms with Crippen LogP contribution in [0.5, 0.6) is 0 Å². The number of nitrogens with one attached hydrogen (secondary N) is 1. The van der Waals surface area contributed by atoms with E-state index in [4.69, 9.17) is 5.84 Å². The molecular formula is C14H14BrF2N3. The van der Waals surface area contributed by atoms with Gasteiger partial charge in [-0.15, -0.1) is 0 Å². The fourth-order valence-electron chi connectivity index (χ4n) is 1.97. The molecule has 0 spiro atoms. The van der Waals surface area contributed by atoms with Crippen LogP contribution in [0, 0.1) is 18.6 Å². The maximum Gasteiger partial charge on any atom is 0.143 e. The van der Waals surface area contributed by atoms with Gasteiger partial charge in [0.05, 0.1) is 16.2 Å². The largest absolute Gasteiger partial charge is 0.271 e. The van der Waals surface area contributed by atoms with Crippen LogP contribution in [0.2, 0.25) is 0 Å². The van der Waals surface area contributed by atoms with Gasteiger partial charge >= 0.3 is 0 Å². The predicted molar refractivity (Wildman–Crippen MR) is 76.8 cm³/mol. The summed E-state index contributed by atoms with van der Waals surface area (Å²) in [5.41, 5.74) is 4.00. The van der Waals surface area contributed by atoms with Crippen LogP contribution in [0.15, 0.2) is 34.8 Å². The molecule has 0 radical (unpaired) electrons. The third kappa shape index (κ3) is 3.20. The Morgan fingerprint density at radius 3 is 2.70 bits per heavy atom. The molecule has 2 aromatic rings. The Morgan fingerprint density at radius 2 is 2.05 bits per heavy atom. The van der Waals surface area contributed by atoms with Crippen LogP contribution in [0.25, 0.3) is 0 Å². The Morgan fingerprint density at radius 1 is 1.30 bits per heavy atom. The second-order valence-electron chi connectivity index (χ2n) is 4.45. The molecular weight excluding hydrogens is 328 g/mol. The molecule has 0 aliphatic carbocycles. The minimum Gasteiger partial charge on any atom is -0.271 e. The van der Waals surface area contributed by atoms with E-state index in [2.05, 4.69) is 26.3 Å². The van der Waals surface area contributed by atoms with Crippen LogP contribution >= 0.6 is 15.9 Å². The van der Waals surface area contributed by atoms with Gasteiger partial charge in [-0.05, 0) is 47.1 Å². The highest BCUT2D eigenvalue weighted by atomic mass is 79.9. The fourth-order valence-corrected chi connectivity index (χ4v) is 2.34. The van der Waals surface area contributed by atoms with Crippen molar-refractivity contribution in [1.29, 1.82) is 0 Å². The van der Waals surface area contributed by atoms with E-state index in [1.807, 2.05) is 19.1 Å². The lowest BCUT2D eigenvalue weighted by molar-refractivity contribution is 0.490. The molecule has 0 saturated carbocycles. The normalized spacial score (nSPS) is 12.4. The average Bonchev–Trinajstić information content (AvgIpc) is 2.43. The third-order valence-electron chi connectivity index (χ3n) is 3.02. The van der Waals surface area contributed by atoms with E-state index < -0.39 is 17.7 Å². The molecule has 3 nitrogen and oxygen atoms in total. The van der Waals surface area contributed by atoms with Gasteiger partial charge in [0.25, 0.3) is 0 Å². The molecule has 1 heterocycles. The molecule has 0 amide bonds. The van der Waals surface area contributed by atoms with Crippen molar-refractivity contribution in [1.82, 2.24) is 10.4 Å². The first-order chi connectivity index (χ1) is 9.52. The molecule has 0 aliphatic heterocycles. The molecule has 1 aromatic heterocycles. The Kier molecular flexibility index (Phi) is 4.80. The third-order valence-corrected chi connectivity index (χ3v) is 3.63. The van der Waals surface area contributed by atoms with Crippen molar-refractivity contribution in [2.75, 3.05) is 0 Å². The number of aromatic nitrogens is 1. The molecule has 1 atom stereocenters. The van der Waals surface area contributed by atoms with E-state index in [0.29, 0.717) is 5.69 Å². The molecule has 0 saturated heterocycles. The quantitative estimate of drug-likeness (QED) is 0.510. The van der Waals surface area contributed by atoms with Crippen LogP contribution < -0.4 is 11.3 Å². The average molecular weight is 342 g/mol. The maximum atomic E-state index is 14.0. The number of benzene rings is 1. The number of nitrogens with zero attached hydrogens (tertiary/aromatic N) is 1. The van der Waals surface area contributed by atoms with Crippen molar-refractivity contribution in [3.8, 4) is 0 Å². The van der Waals surface area contributed by atoms with Crippen LogP contribution in [0.1, 0.15) is 23.0 Å². The van der Waals surface area contributed by atoms with Gasteiger partial charge in [-0.25, -0.2) is 8.78 Å². The highest BCUT2D eigenvalue weighted by molar-refractivity contribution is 9.10. The minimum absolute atomic E-state index is 0.0226. The monoisotopic (exact) mass is 341 g/mol. The summed E-state index contributed by atoms with van der Waals surface area (Å²) in [6.07, 6.45) is 0.0735. The maximum absolute atomic E-state index is 14.0. The summed E-state index contributed by atoms with van der Waals surface area (Å²) >= 11 is 3.05. The molecule has 2 rings (SSSR count). The zero-order valence-electron chi connectivity index (χ0n) is 10.8. The highest BCUT2D eigenvalue weighted by Gasteiger charge is 2.19. The van der Waals surface area contributed by atoms with Crippen molar-refractivity contribution in [3.05, 3.63) is 63.4 Å². The van der Waals surface area contributed by atoms with Crippen molar-refractivity contribution >= 4 is 15.9 Å². The molecule has 1 unspecified atom stereocenters. The number of aryl methyl sites for hydroxylation is 1. The van der Waals surface area contributed by atoms with Gasteiger partial charge in [-0.2, -0.15) is 0 Å². The van der Waals surface area contributed by atoms with Gasteiger partial charge in [0, 0.05) is 17.7 Å². The summed E-state index contributed by atoms with van der Waals surface area (Å²) in [5, 5.41) is 0. The second kappa shape index (κ2) is 6.39. The first-order valence-corrected chi connectivity index (χ1v) is 6.84. The first kappa shape index (κ1) is 15.0. The fraction of sp³-hybridized carbons (Fsp3) is 0.214. The van der Waals surface area contributed by atoms with E-state index in [1.54, 1.807) is 6.07 Å². The van der Waals surface area contributed by atoms with E-state index in [1.165, 1.54) is 12.1 Å². The van der Waals surface area contributed by atoms with E-state index >= 15 is 0 Å². The summed E-state index contributed by atoms with van der Waals surface area (Å²) < 4.78 is 28.0. The SMILES string of the molecule is Cc1cccc(C(Cc2c(F)ccc(Br)c2F)NN)n1. The number of hydrazine groups is 1. The van der Waals surface area contributed by atoms with Gasteiger partial charge in [-0.1, -0.05) is 6.07 Å². The summed E-state index contributed by atoms with van der Waals surface area (Å²) in [7, 11) is 0. The van der Waals surface area contributed by atoms with E-state index in [-0.39, 0.29) is 16.5 Å². The van der Waals surface area contributed by atoms with Crippen molar-refractivity contribution in [2.24, 2.45) is 5.84 Å². The second-order valence-corrected chi connectivity index (χ2v) is 5.30. The Bertz CT molecular complexity index is 619. The van der Waals surface area contributed by atoms with Crippen LogP contribution in [0.4, 0.5) is 8.78 Å². The number of halogens is 3. The van der Waals surface area contributed by atoms with Crippen LogP contribution in [-0.4, -0.2) is 4.98 Å². The Hall–Kier alpha value is -1.37. The number of hydrogen-bond acceptors (Lipinski definition) is 3. The number of nitrogens with two attached hydrogens (primary N) is 1. The summed E-state index contributed by atoms with van der Waals surface area (Å²) in [5.74, 6) is 4.28. The van der Waals surface area contributed by atoms with Crippen molar-refractivity contribution < 1.29 is 8.78 Å². The molecule has 6 heteroatoms. The highest BCUT2D eigenvalue weighted by Crippen LogP contribution is 2.25. The summed E-state index contributed by atoms with van der Waals surface area (Å²) in [6.45, 7) is 1.84.